The van der Waals surface area contributed by atoms with Crippen LogP contribution in [0.1, 0.15) is 290 Å². The summed E-state index contributed by atoms with van der Waals surface area (Å²) in [5.74, 6) is -10.7. The molecule has 0 aliphatic carbocycles. The number of esters is 4. The number of carbonyl (C=O) groups is 8. The maximum absolute atomic E-state index is 14.2. The molecule has 2 aliphatic rings. The number of fused-ring (bicyclic) bond motifs is 20. The van der Waals surface area contributed by atoms with Crippen molar-refractivity contribution in [2.75, 3.05) is 26.4 Å². The molecule has 530 valence electrons. The first-order chi connectivity index (χ1) is 48.5. The van der Waals surface area contributed by atoms with E-state index in [0.717, 1.165) is 154 Å². The van der Waals surface area contributed by atoms with E-state index in [1.165, 1.54) is 48.5 Å². The van der Waals surface area contributed by atoms with Crippen LogP contribution in [0, 0.1) is 0 Å². The van der Waals surface area contributed by atoms with Crippen molar-refractivity contribution in [3.05, 3.63) is 93.0 Å². The molecule has 24 heteroatoms. The number of nitrogens with one attached hydrogen (secondary N) is 2. The van der Waals surface area contributed by atoms with Gasteiger partial charge in [-0.2, -0.15) is 0 Å². The fraction of sp³-hybridized carbons (Fsp3) is 0.474. The molecule has 4 aromatic carbocycles. The number of hydrogen-bond donors (Lipinski definition) is 6. The van der Waals surface area contributed by atoms with Crippen LogP contribution in [0.5, 0.6) is 0 Å². The molecule has 0 saturated heterocycles. The van der Waals surface area contributed by atoms with Gasteiger partial charge < -0.3 is 49.3 Å². The van der Waals surface area contributed by atoms with Crippen molar-refractivity contribution >= 4 is 91.9 Å². The number of nitrogens with zero attached hydrogens (tertiary/aromatic N) is 6. The van der Waals surface area contributed by atoms with Gasteiger partial charge in [0.15, 0.2) is 23.3 Å². The lowest BCUT2D eigenvalue weighted by Gasteiger charge is -2.10. The van der Waals surface area contributed by atoms with Gasteiger partial charge in [-0.05, 0) is 74.2 Å². The van der Waals surface area contributed by atoms with E-state index in [1.54, 1.807) is 0 Å². The van der Waals surface area contributed by atoms with Crippen molar-refractivity contribution in [2.24, 2.45) is 0 Å². The summed E-state index contributed by atoms with van der Waals surface area (Å²) >= 11 is 0. The first kappa shape index (κ1) is 74.2. The number of unbranched alkanes of at least 4 members (excludes halogenated alkanes) is 24. The quantitative estimate of drug-likeness (QED) is 0.0118. The second-order valence-electron chi connectivity index (χ2n) is 25.6. The topological polar surface area (TPSA) is 363 Å². The van der Waals surface area contributed by atoms with Gasteiger partial charge in [0.1, 0.15) is 22.6 Å². The lowest BCUT2D eigenvalue weighted by atomic mass is 9.98. The summed E-state index contributed by atoms with van der Waals surface area (Å²) in [6.07, 6.45) is 26.0. The monoisotopic (exact) mass is 1370 g/mol. The van der Waals surface area contributed by atoms with Crippen molar-refractivity contribution in [1.29, 1.82) is 0 Å². The Labute approximate surface area is 579 Å². The first-order valence-corrected chi connectivity index (χ1v) is 35.6. The maximum Gasteiger partial charge on any atom is 0.339 e. The van der Waals surface area contributed by atoms with Crippen LogP contribution >= 0.6 is 0 Å². The molecule has 0 fully saturated rings. The van der Waals surface area contributed by atoms with E-state index in [-0.39, 0.29) is 138 Å². The zero-order valence-corrected chi connectivity index (χ0v) is 57.6. The fourth-order valence-electron chi connectivity index (χ4n) is 12.6. The van der Waals surface area contributed by atoms with Gasteiger partial charge in [0, 0.05) is 43.8 Å². The number of rotatable bonds is 40. The average molecular weight is 1370 g/mol. The third kappa shape index (κ3) is 18.5. The van der Waals surface area contributed by atoms with Crippen LogP contribution in [-0.2, 0) is 18.9 Å². The first-order valence-electron chi connectivity index (χ1n) is 35.6. The minimum absolute atomic E-state index is 0.00550. The normalized spacial score (nSPS) is 11.6. The summed E-state index contributed by atoms with van der Waals surface area (Å²) in [6, 6.07) is 9.85. The lowest BCUT2D eigenvalue weighted by Crippen LogP contribution is -2.13. The largest absolute Gasteiger partial charge is 0.478 e. The van der Waals surface area contributed by atoms with Crippen LogP contribution in [0.2, 0.25) is 0 Å². The number of aromatic nitrogens is 8. The Morgan fingerprint density at radius 2 is 0.460 bits per heavy atom. The molecule has 24 nitrogen and oxygen atoms in total. The van der Waals surface area contributed by atoms with Crippen LogP contribution < -0.4 is 0 Å². The molecule has 6 N–H and O–H groups in total. The summed E-state index contributed by atoms with van der Waals surface area (Å²) in [6.45, 7) is 8.48. The average Bonchev–Trinajstić information content (AvgIpc) is 1.58. The molecule has 9 rings (SSSR count). The third-order valence-electron chi connectivity index (χ3n) is 18.1. The standard InChI is InChI=1S/C76H90N8O16/c1-5-9-13-17-21-25-29-33-97-73(93)57-41-49-45(37-53(57)69(85)86)61-77-65(49)81-62-46-38-54(70(87)88)58(74(94)98-34-30-26-22-18-14-10-6-2)42-50(46)67(78-62)83-64-48-40-56(72(91)92)60(76(96)100-36-32-28-24-20-16-12-8-4)44-52(48)68(80-64)84-63-47-39-55(71(89)90)59(43-51(47)66(79-63)82-61)75(95)99-35-31-27-23-19-15-11-7-3/h37-44H,5-36H2,1-4H3,(H,85,86)(H,87,88)(H,89,90)(H,91,92)(H2,77,78,79,80,81,82,83,84). The van der Waals surface area contributed by atoms with Gasteiger partial charge in [-0.1, -0.05) is 182 Å². The number of carbonyl (C=O) groups excluding carboxylic acids is 4. The molecular weight excluding hydrogens is 1280 g/mol. The van der Waals surface area contributed by atoms with E-state index in [4.69, 9.17) is 48.9 Å². The summed E-state index contributed by atoms with van der Waals surface area (Å²) in [5.41, 5.74) is -3.68. The Balaban J connectivity index is 1.29. The molecule has 3 aromatic heterocycles. The van der Waals surface area contributed by atoms with Gasteiger partial charge in [0.05, 0.1) is 70.9 Å². The van der Waals surface area contributed by atoms with Gasteiger partial charge >= 0.3 is 47.8 Å². The number of carboxylic acid groups (broad SMARTS) is 4. The summed E-state index contributed by atoms with van der Waals surface area (Å²) in [7, 11) is 0. The fourth-order valence-corrected chi connectivity index (χ4v) is 12.6. The predicted octanol–water partition coefficient (Wildman–Crippen LogP) is 17.3. The smallest absolute Gasteiger partial charge is 0.339 e. The lowest BCUT2D eigenvalue weighted by molar-refractivity contribution is 0.0482. The number of H-pyrrole nitrogens is 2. The van der Waals surface area contributed by atoms with E-state index >= 15 is 0 Å². The van der Waals surface area contributed by atoms with Crippen molar-refractivity contribution in [3.63, 3.8) is 0 Å². The van der Waals surface area contributed by atoms with E-state index in [1.807, 2.05) is 0 Å². The summed E-state index contributed by atoms with van der Waals surface area (Å²) in [4.78, 5) is 146. The Hall–Kier alpha value is -10.0. The highest BCUT2D eigenvalue weighted by atomic mass is 16.5. The third-order valence-corrected chi connectivity index (χ3v) is 18.1. The molecule has 2 aliphatic heterocycles. The van der Waals surface area contributed by atoms with Crippen molar-refractivity contribution < 1.29 is 77.7 Å². The van der Waals surface area contributed by atoms with Crippen LogP contribution in [0.15, 0.2) is 48.5 Å². The van der Waals surface area contributed by atoms with Crippen LogP contribution in [0.4, 0.5) is 0 Å². The number of ether oxygens (including phenoxy) is 4. The van der Waals surface area contributed by atoms with Crippen LogP contribution in [0.3, 0.4) is 0 Å². The Kier molecular flexibility index (Phi) is 26.9. The molecule has 0 unspecified atom stereocenters. The number of hydrogen-bond acceptors (Lipinski definition) is 18. The highest BCUT2D eigenvalue weighted by molar-refractivity contribution is 6.16. The number of aromatic carboxylic acids is 4. The van der Waals surface area contributed by atoms with Crippen LogP contribution in [-0.4, -0.2) is 134 Å². The molecule has 0 spiro atoms. The van der Waals surface area contributed by atoms with E-state index < -0.39 is 70.0 Å². The predicted molar refractivity (Wildman–Crippen MR) is 377 cm³/mol. The van der Waals surface area contributed by atoms with Gasteiger partial charge in [0.25, 0.3) is 0 Å². The number of carboxylic acids is 4. The molecule has 7 aromatic rings. The SMILES string of the molecule is CCCCCCCCCOC(=O)c1cc2c(cc1C(=O)O)-c1nc-2nc2[nH]c(nc3nc(nc4[nH]c(n1)c1cc(C(=O)OCCCCCCCCC)c(C(=O)O)cc41)-c1cc(C(=O)OCCCCCCCCC)c(C(=O)O)cc1-3)c1cc(C(=O)OCCCCCCCCC)c(C(=O)O)cc21. The van der Waals surface area contributed by atoms with Crippen molar-refractivity contribution in [2.45, 2.75) is 207 Å². The second-order valence-corrected chi connectivity index (χ2v) is 25.6. The molecule has 100 heavy (non-hydrogen) atoms. The molecule has 0 saturated carbocycles. The van der Waals surface area contributed by atoms with E-state index in [9.17, 15) is 58.8 Å². The Morgan fingerprint density at radius 3 is 0.690 bits per heavy atom. The molecule has 5 heterocycles. The molecule has 0 amide bonds. The minimum atomic E-state index is -1.51. The zero-order chi connectivity index (χ0) is 71.2. The van der Waals surface area contributed by atoms with E-state index in [0.29, 0.717) is 25.7 Å². The molecular formula is C76H90N8O16. The molecule has 0 radical (unpaired) electrons. The van der Waals surface area contributed by atoms with Crippen molar-refractivity contribution in [1.82, 2.24) is 39.9 Å². The minimum Gasteiger partial charge on any atom is -0.478 e. The maximum atomic E-state index is 14.2. The number of aromatic amines is 2. The van der Waals surface area contributed by atoms with Gasteiger partial charge in [-0.15, -0.1) is 0 Å². The van der Waals surface area contributed by atoms with Gasteiger partial charge in [0.2, 0.25) is 0 Å². The second kappa shape index (κ2) is 36.2. The van der Waals surface area contributed by atoms with E-state index in [2.05, 4.69) is 37.7 Å². The summed E-state index contributed by atoms with van der Waals surface area (Å²) < 4.78 is 22.9. The zero-order valence-electron chi connectivity index (χ0n) is 57.6. The van der Waals surface area contributed by atoms with Gasteiger partial charge in [-0.3, -0.25) is 0 Å². The highest BCUT2D eigenvalue weighted by Gasteiger charge is 2.32. The Bertz CT molecular complexity index is 4090. The molecule has 8 bridgehead atoms. The van der Waals surface area contributed by atoms with Crippen molar-refractivity contribution in [3.8, 4) is 45.6 Å². The molecule has 0 atom stereocenters. The highest BCUT2D eigenvalue weighted by Crippen LogP contribution is 2.41. The summed E-state index contributed by atoms with van der Waals surface area (Å²) in [5, 5.41) is 43.6. The van der Waals surface area contributed by atoms with Gasteiger partial charge in [-0.25, -0.2) is 68.3 Å². The number of benzene rings is 4. The van der Waals surface area contributed by atoms with Crippen LogP contribution in [0.25, 0.3) is 89.7 Å². The Morgan fingerprint density at radius 1 is 0.270 bits per heavy atom.